The summed E-state index contributed by atoms with van der Waals surface area (Å²) in [5.74, 6) is 0.776. The molecule has 0 saturated carbocycles. The molecule has 0 aliphatic carbocycles. The van der Waals surface area contributed by atoms with Crippen LogP contribution in [0, 0.1) is 0 Å². The molecule has 0 radical (unpaired) electrons. The molecule has 2 rings (SSSR count). The zero-order valence-electron chi connectivity index (χ0n) is 11.3. The Kier molecular flexibility index (Phi) is 4.81. The fourth-order valence-electron chi connectivity index (χ4n) is 1.83. The molecule has 0 fully saturated rings. The van der Waals surface area contributed by atoms with Crippen molar-refractivity contribution >= 4 is 11.5 Å². The maximum atomic E-state index is 5.68. The Bertz CT molecular complexity index is 501. The Hall–Kier alpha value is -1.53. The lowest BCUT2D eigenvalue weighted by Gasteiger charge is -2.17. The van der Waals surface area contributed by atoms with E-state index in [4.69, 9.17) is 4.74 Å². The number of rotatable bonds is 6. The van der Waals surface area contributed by atoms with Crippen molar-refractivity contribution in [2.45, 2.75) is 32.9 Å². The predicted octanol–water partition coefficient (Wildman–Crippen LogP) is 2.42. The van der Waals surface area contributed by atoms with Gasteiger partial charge in [-0.3, -0.25) is 4.98 Å². The summed E-state index contributed by atoms with van der Waals surface area (Å²) in [6.45, 7) is 6.91. The first-order valence-corrected chi connectivity index (χ1v) is 7.16. The normalized spacial score (nSPS) is 12.6. The van der Waals surface area contributed by atoms with E-state index in [0.29, 0.717) is 0 Å². The van der Waals surface area contributed by atoms with E-state index >= 15 is 0 Å². The highest BCUT2D eigenvalue weighted by Gasteiger charge is 2.17. The van der Waals surface area contributed by atoms with Gasteiger partial charge in [-0.2, -0.15) is 0 Å². The summed E-state index contributed by atoms with van der Waals surface area (Å²) >= 11 is 1.35. The number of nitrogens with one attached hydrogen (secondary N) is 1. The molecule has 2 aromatic rings. The summed E-state index contributed by atoms with van der Waals surface area (Å²) in [5.41, 5.74) is 1.95. The third kappa shape index (κ3) is 3.71. The van der Waals surface area contributed by atoms with E-state index in [1.54, 1.807) is 6.20 Å². The van der Waals surface area contributed by atoms with Crippen molar-refractivity contribution in [1.82, 2.24) is 19.9 Å². The number of nitrogens with zero attached hydrogens (tertiary/aromatic N) is 3. The van der Waals surface area contributed by atoms with Gasteiger partial charge in [0.25, 0.3) is 0 Å². The largest absolute Gasteiger partial charge is 0.489 e. The standard InChI is InChI=1S/C13H18N4OS/c1-4-15-13(12-8-19-17-16-12)10-5-11(7-14-6-10)18-9(2)3/h5-9,13,15H,4H2,1-3H3. The summed E-state index contributed by atoms with van der Waals surface area (Å²) in [6, 6.07) is 2.01. The highest BCUT2D eigenvalue weighted by molar-refractivity contribution is 7.03. The monoisotopic (exact) mass is 278 g/mol. The zero-order valence-corrected chi connectivity index (χ0v) is 12.1. The Morgan fingerprint density at radius 2 is 2.21 bits per heavy atom. The molecule has 0 saturated heterocycles. The summed E-state index contributed by atoms with van der Waals surface area (Å²) in [6.07, 6.45) is 3.70. The lowest BCUT2D eigenvalue weighted by Crippen LogP contribution is -2.22. The van der Waals surface area contributed by atoms with Crippen molar-refractivity contribution in [1.29, 1.82) is 0 Å². The van der Waals surface area contributed by atoms with Crippen LogP contribution < -0.4 is 10.1 Å². The van der Waals surface area contributed by atoms with Crippen LogP contribution in [0.2, 0.25) is 0 Å². The molecule has 0 spiro atoms. The molecule has 0 bridgehead atoms. The molecule has 2 heterocycles. The van der Waals surface area contributed by atoms with E-state index in [1.807, 2.05) is 31.5 Å². The van der Waals surface area contributed by atoms with Crippen LogP contribution >= 0.6 is 11.5 Å². The quantitative estimate of drug-likeness (QED) is 0.879. The Morgan fingerprint density at radius 3 is 2.84 bits per heavy atom. The molecular formula is C13H18N4OS. The molecule has 19 heavy (non-hydrogen) atoms. The van der Waals surface area contributed by atoms with Crippen LogP contribution in [-0.4, -0.2) is 27.2 Å². The van der Waals surface area contributed by atoms with E-state index in [1.165, 1.54) is 11.5 Å². The molecular weight excluding hydrogens is 260 g/mol. The lowest BCUT2D eigenvalue weighted by atomic mass is 10.1. The smallest absolute Gasteiger partial charge is 0.138 e. The van der Waals surface area contributed by atoms with Crippen molar-refractivity contribution in [3.8, 4) is 5.75 Å². The molecule has 0 amide bonds. The number of aromatic nitrogens is 3. The second-order valence-electron chi connectivity index (χ2n) is 4.44. The molecule has 1 atom stereocenters. The highest BCUT2D eigenvalue weighted by atomic mass is 32.1. The van der Waals surface area contributed by atoms with Gasteiger partial charge in [-0.1, -0.05) is 11.4 Å². The minimum absolute atomic E-state index is 0.00645. The van der Waals surface area contributed by atoms with E-state index in [-0.39, 0.29) is 12.1 Å². The van der Waals surface area contributed by atoms with Gasteiger partial charge in [-0.15, -0.1) is 5.10 Å². The maximum Gasteiger partial charge on any atom is 0.138 e. The molecule has 2 aromatic heterocycles. The molecule has 1 N–H and O–H groups in total. The average molecular weight is 278 g/mol. The van der Waals surface area contributed by atoms with Gasteiger partial charge < -0.3 is 10.1 Å². The maximum absolute atomic E-state index is 5.68. The highest BCUT2D eigenvalue weighted by Crippen LogP contribution is 2.23. The number of pyridine rings is 1. The molecule has 0 aliphatic rings. The van der Waals surface area contributed by atoms with E-state index < -0.39 is 0 Å². The molecule has 0 aliphatic heterocycles. The second-order valence-corrected chi connectivity index (χ2v) is 5.05. The van der Waals surface area contributed by atoms with Gasteiger partial charge in [0.05, 0.1) is 24.0 Å². The summed E-state index contributed by atoms with van der Waals surface area (Å²) < 4.78 is 9.60. The Morgan fingerprint density at radius 1 is 1.37 bits per heavy atom. The predicted molar refractivity (Wildman–Crippen MR) is 75.4 cm³/mol. The molecule has 102 valence electrons. The first-order chi connectivity index (χ1) is 9.20. The van der Waals surface area contributed by atoms with Gasteiger partial charge in [0.15, 0.2) is 0 Å². The van der Waals surface area contributed by atoms with Crippen molar-refractivity contribution in [2.75, 3.05) is 6.54 Å². The molecule has 1 unspecified atom stereocenters. The number of hydrogen-bond acceptors (Lipinski definition) is 6. The molecule has 6 heteroatoms. The summed E-state index contributed by atoms with van der Waals surface area (Å²) in [4.78, 5) is 4.24. The van der Waals surface area contributed by atoms with Gasteiger partial charge in [-0.05, 0) is 43.6 Å². The lowest BCUT2D eigenvalue weighted by molar-refractivity contribution is 0.241. The van der Waals surface area contributed by atoms with Gasteiger partial charge in [0, 0.05) is 11.6 Å². The second kappa shape index (κ2) is 6.58. The Labute approximate surface area is 117 Å². The first kappa shape index (κ1) is 13.9. The third-order valence-electron chi connectivity index (χ3n) is 2.52. The fraction of sp³-hybridized carbons (Fsp3) is 0.462. The van der Waals surface area contributed by atoms with Gasteiger partial charge in [0.1, 0.15) is 5.75 Å². The van der Waals surface area contributed by atoms with E-state index in [9.17, 15) is 0 Å². The van der Waals surface area contributed by atoms with Crippen molar-refractivity contribution in [3.05, 3.63) is 35.1 Å². The minimum atomic E-state index is 0.00645. The fourth-order valence-corrected chi connectivity index (χ4v) is 2.30. The number of ether oxygens (including phenoxy) is 1. The minimum Gasteiger partial charge on any atom is -0.489 e. The zero-order chi connectivity index (χ0) is 13.7. The third-order valence-corrected chi connectivity index (χ3v) is 3.04. The van der Waals surface area contributed by atoms with Crippen LogP contribution in [-0.2, 0) is 0 Å². The SMILES string of the molecule is CCNC(c1cncc(OC(C)C)c1)c1csnn1. The topological polar surface area (TPSA) is 59.9 Å². The van der Waals surface area contributed by atoms with Crippen molar-refractivity contribution in [3.63, 3.8) is 0 Å². The van der Waals surface area contributed by atoms with Gasteiger partial charge in [-0.25, -0.2) is 0 Å². The molecule has 0 aromatic carbocycles. The van der Waals surface area contributed by atoms with Crippen LogP contribution in [0.3, 0.4) is 0 Å². The van der Waals surface area contributed by atoms with Crippen LogP contribution in [0.15, 0.2) is 23.8 Å². The molecule has 5 nitrogen and oxygen atoms in total. The van der Waals surface area contributed by atoms with Crippen molar-refractivity contribution < 1.29 is 4.74 Å². The van der Waals surface area contributed by atoms with Crippen molar-refractivity contribution in [2.24, 2.45) is 0 Å². The van der Waals surface area contributed by atoms with Crippen LogP contribution in [0.4, 0.5) is 0 Å². The Balaban J connectivity index is 2.26. The van der Waals surface area contributed by atoms with E-state index in [0.717, 1.165) is 23.6 Å². The van der Waals surface area contributed by atoms with Crippen LogP contribution in [0.1, 0.15) is 38.1 Å². The summed E-state index contributed by atoms with van der Waals surface area (Å²) in [5, 5.41) is 9.48. The first-order valence-electron chi connectivity index (χ1n) is 6.32. The average Bonchev–Trinajstić information content (AvgIpc) is 2.89. The summed E-state index contributed by atoms with van der Waals surface area (Å²) in [7, 11) is 0. The van der Waals surface area contributed by atoms with Gasteiger partial charge >= 0.3 is 0 Å². The van der Waals surface area contributed by atoms with Crippen LogP contribution in [0.25, 0.3) is 0 Å². The van der Waals surface area contributed by atoms with Gasteiger partial charge in [0.2, 0.25) is 0 Å². The number of hydrogen-bond donors (Lipinski definition) is 1. The van der Waals surface area contributed by atoms with Crippen LogP contribution in [0.5, 0.6) is 5.75 Å². The van der Waals surface area contributed by atoms with E-state index in [2.05, 4.69) is 26.8 Å².